The van der Waals surface area contributed by atoms with Crippen LogP contribution in [0.1, 0.15) is 47.5 Å². The highest BCUT2D eigenvalue weighted by Crippen LogP contribution is 2.31. The fraction of sp³-hybridized carbons (Fsp3) is 0.312. The predicted octanol–water partition coefficient (Wildman–Crippen LogP) is 2.84. The summed E-state index contributed by atoms with van der Waals surface area (Å²) in [5, 5.41) is 0. The van der Waals surface area contributed by atoms with Gasteiger partial charge in [0.05, 0.1) is 17.2 Å². The summed E-state index contributed by atoms with van der Waals surface area (Å²) < 4.78 is 33.1. The minimum Gasteiger partial charge on any atom is -0.469 e. The zero-order valence-electron chi connectivity index (χ0n) is 12.2. The Labute approximate surface area is 129 Å². The van der Waals surface area contributed by atoms with Gasteiger partial charge in [-0.25, -0.2) is 13.1 Å². The van der Waals surface area contributed by atoms with E-state index in [0.717, 1.165) is 30.6 Å². The number of furan rings is 1. The number of Topliss-reactive ketones (excluding diaryl/α,β-unsaturated/α-hetero) is 1. The number of ketones is 1. The largest absolute Gasteiger partial charge is 0.469 e. The van der Waals surface area contributed by atoms with Crippen LogP contribution >= 0.6 is 0 Å². The van der Waals surface area contributed by atoms with Gasteiger partial charge in [0.1, 0.15) is 5.76 Å². The Morgan fingerprint density at radius 1 is 1.23 bits per heavy atom. The van der Waals surface area contributed by atoms with E-state index >= 15 is 0 Å². The summed E-state index contributed by atoms with van der Waals surface area (Å²) >= 11 is 0. The molecular formula is C16H17NO4S. The van der Waals surface area contributed by atoms with Gasteiger partial charge in [-0.2, -0.15) is 0 Å². The van der Waals surface area contributed by atoms with Gasteiger partial charge < -0.3 is 4.42 Å². The van der Waals surface area contributed by atoms with Crippen LogP contribution < -0.4 is 4.72 Å². The summed E-state index contributed by atoms with van der Waals surface area (Å²) in [6, 6.07) is 7.53. The van der Waals surface area contributed by atoms with Crippen LogP contribution in [0.3, 0.4) is 0 Å². The summed E-state index contributed by atoms with van der Waals surface area (Å²) in [7, 11) is -3.63. The number of rotatable bonds is 4. The Morgan fingerprint density at radius 3 is 2.64 bits per heavy atom. The molecule has 0 bridgehead atoms. The molecule has 0 saturated heterocycles. The molecule has 0 aliphatic heterocycles. The van der Waals surface area contributed by atoms with Gasteiger partial charge in [-0.15, -0.1) is 0 Å². The molecule has 22 heavy (non-hydrogen) atoms. The Balaban J connectivity index is 1.84. The molecule has 1 N–H and O–H groups in total. The van der Waals surface area contributed by atoms with E-state index in [4.69, 9.17) is 4.42 Å². The van der Waals surface area contributed by atoms with Crippen LogP contribution in [0.25, 0.3) is 0 Å². The van der Waals surface area contributed by atoms with Crippen molar-refractivity contribution in [2.45, 2.75) is 37.1 Å². The van der Waals surface area contributed by atoms with Gasteiger partial charge in [0.25, 0.3) is 0 Å². The third kappa shape index (κ3) is 2.84. The van der Waals surface area contributed by atoms with E-state index in [0.29, 0.717) is 5.56 Å². The van der Waals surface area contributed by atoms with Crippen molar-refractivity contribution in [1.82, 2.24) is 4.72 Å². The van der Waals surface area contributed by atoms with Gasteiger partial charge in [0, 0.05) is 17.5 Å². The highest BCUT2D eigenvalue weighted by atomic mass is 32.2. The highest BCUT2D eigenvalue weighted by Gasteiger charge is 2.27. The normalized spacial score (nSPS) is 18.0. The molecule has 0 amide bonds. The van der Waals surface area contributed by atoms with E-state index < -0.39 is 10.0 Å². The maximum absolute atomic E-state index is 12.5. The lowest BCUT2D eigenvalue weighted by Gasteiger charge is -2.22. The van der Waals surface area contributed by atoms with Crippen molar-refractivity contribution in [2.24, 2.45) is 0 Å². The van der Waals surface area contributed by atoms with Gasteiger partial charge >= 0.3 is 0 Å². The van der Waals surface area contributed by atoms with Gasteiger partial charge in [0.2, 0.25) is 10.0 Å². The SMILES string of the molecule is CC(=O)c1ccc(S(=O)(=O)NC2CCCc3occc32)cc1. The van der Waals surface area contributed by atoms with E-state index in [1.54, 1.807) is 6.26 Å². The number of sulfonamides is 1. The first kappa shape index (κ1) is 15.0. The molecule has 1 aliphatic carbocycles. The molecule has 6 heteroatoms. The minimum absolute atomic E-state index is 0.0905. The summed E-state index contributed by atoms with van der Waals surface area (Å²) in [6.45, 7) is 1.45. The van der Waals surface area contributed by atoms with E-state index in [2.05, 4.69) is 4.72 Å². The molecule has 0 radical (unpaired) electrons. The molecule has 116 valence electrons. The Morgan fingerprint density at radius 2 is 1.95 bits per heavy atom. The first-order valence-corrected chi connectivity index (χ1v) is 8.65. The van der Waals surface area contributed by atoms with E-state index in [1.807, 2.05) is 6.07 Å². The van der Waals surface area contributed by atoms with Crippen LogP contribution in [0.2, 0.25) is 0 Å². The lowest BCUT2D eigenvalue weighted by molar-refractivity contribution is 0.101. The molecule has 5 nitrogen and oxygen atoms in total. The first-order chi connectivity index (χ1) is 10.5. The molecule has 3 rings (SSSR count). The second kappa shape index (κ2) is 5.70. The molecule has 1 unspecified atom stereocenters. The van der Waals surface area contributed by atoms with E-state index in [-0.39, 0.29) is 16.7 Å². The lowest BCUT2D eigenvalue weighted by atomic mass is 9.94. The third-order valence-electron chi connectivity index (χ3n) is 3.92. The van der Waals surface area contributed by atoms with Gasteiger partial charge in [-0.05, 0) is 38.0 Å². The number of carbonyl (C=O) groups is 1. The fourth-order valence-electron chi connectivity index (χ4n) is 2.73. The highest BCUT2D eigenvalue weighted by molar-refractivity contribution is 7.89. The smallest absolute Gasteiger partial charge is 0.241 e. The fourth-order valence-corrected chi connectivity index (χ4v) is 3.98. The van der Waals surface area contributed by atoms with Crippen LogP contribution in [-0.2, 0) is 16.4 Å². The topological polar surface area (TPSA) is 76.4 Å². The molecule has 0 fully saturated rings. The molecule has 0 saturated carbocycles. The molecular weight excluding hydrogens is 302 g/mol. The summed E-state index contributed by atoms with van der Waals surface area (Å²) in [5.74, 6) is 0.762. The number of fused-ring (bicyclic) bond motifs is 1. The van der Waals surface area contributed by atoms with Gasteiger partial charge in [-0.1, -0.05) is 12.1 Å². The van der Waals surface area contributed by atoms with Crippen molar-refractivity contribution in [3.05, 3.63) is 53.5 Å². The van der Waals surface area contributed by atoms with Gasteiger partial charge in [0.15, 0.2) is 5.78 Å². The average molecular weight is 319 g/mol. The van der Waals surface area contributed by atoms with Crippen molar-refractivity contribution in [2.75, 3.05) is 0 Å². The number of nitrogens with one attached hydrogen (secondary N) is 1. The van der Waals surface area contributed by atoms with Crippen molar-refractivity contribution >= 4 is 15.8 Å². The molecule has 2 aromatic rings. The number of benzene rings is 1. The monoisotopic (exact) mass is 319 g/mol. The van der Waals surface area contributed by atoms with Crippen molar-refractivity contribution < 1.29 is 17.6 Å². The molecule has 1 aromatic carbocycles. The van der Waals surface area contributed by atoms with Crippen LogP contribution in [0, 0.1) is 0 Å². The predicted molar refractivity (Wildman–Crippen MR) is 81.2 cm³/mol. The van der Waals surface area contributed by atoms with Crippen molar-refractivity contribution in [3.63, 3.8) is 0 Å². The van der Waals surface area contributed by atoms with E-state index in [9.17, 15) is 13.2 Å². The van der Waals surface area contributed by atoms with Crippen molar-refractivity contribution in [3.8, 4) is 0 Å². The zero-order chi connectivity index (χ0) is 15.7. The standard InChI is InChI=1S/C16H17NO4S/c1-11(18)12-5-7-13(8-6-12)22(19,20)17-15-3-2-4-16-14(15)9-10-21-16/h5-10,15,17H,2-4H2,1H3. The number of aryl methyl sites for hydroxylation is 1. The number of hydrogen-bond donors (Lipinski definition) is 1. The molecule has 1 atom stereocenters. The van der Waals surface area contributed by atoms with Crippen LogP contribution in [-0.4, -0.2) is 14.2 Å². The second-order valence-corrected chi connectivity index (χ2v) is 7.16. The Kier molecular flexibility index (Phi) is 3.88. The summed E-state index contributed by atoms with van der Waals surface area (Å²) in [4.78, 5) is 11.4. The quantitative estimate of drug-likeness (QED) is 0.879. The molecule has 1 aliphatic rings. The lowest BCUT2D eigenvalue weighted by Crippen LogP contribution is -2.30. The van der Waals surface area contributed by atoms with Crippen LogP contribution in [0.4, 0.5) is 0 Å². The summed E-state index contributed by atoms with van der Waals surface area (Å²) in [5.41, 5.74) is 1.41. The number of hydrogen-bond acceptors (Lipinski definition) is 4. The van der Waals surface area contributed by atoms with Crippen LogP contribution in [0.15, 0.2) is 45.9 Å². The Hall–Kier alpha value is -1.92. The zero-order valence-corrected chi connectivity index (χ0v) is 13.0. The molecule has 1 aromatic heterocycles. The summed E-state index contributed by atoms with van der Waals surface area (Å²) in [6.07, 6.45) is 4.07. The van der Waals surface area contributed by atoms with Gasteiger partial charge in [-0.3, -0.25) is 4.79 Å². The first-order valence-electron chi connectivity index (χ1n) is 7.17. The van der Waals surface area contributed by atoms with Crippen LogP contribution in [0.5, 0.6) is 0 Å². The van der Waals surface area contributed by atoms with E-state index in [1.165, 1.54) is 31.2 Å². The maximum Gasteiger partial charge on any atom is 0.241 e. The Bertz CT molecular complexity index is 790. The number of carbonyl (C=O) groups excluding carboxylic acids is 1. The average Bonchev–Trinajstić information content (AvgIpc) is 2.96. The maximum atomic E-state index is 12.5. The molecule has 1 heterocycles. The van der Waals surface area contributed by atoms with Crippen molar-refractivity contribution in [1.29, 1.82) is 0 Å². The molecule has 0 spiro atoms. The third-order valence-corrected chi connectivity index (χ3v) is 5.41. The minimum atomic E-state index is -3.63. The second-order valence-electron chi connectivity index (χ2n) is 5.45.